The molecule has 1 aromatic heterocycles. The summed E-state index contributed by atoms with van der Waals surface area (Å²) < 4.78 is 32.2. The minimum Gasteiger partial charge on any atom is -0.481 e. The van der Waals surface area contributed by atoms with E-state index in [0.29, 0.717) is 6.07 Å². The number of aromatic nitrogens is 1. The second-order valence-corrected chi connectivity index (χ2v) is 5.83. The van der Waals surface area contributed by atoms with Crippen molar-refractivity contribution in [3.63, 3.8) is 0 Å². The van der Waals surface area contributed by atoms with Gasteiger partial charge in [-0.3, -0.25) is 4.79 Å². The van der Waals surface area contributed by atoms with Crippen LogP contribution >= 0.6 is 11.3 Å². The van der Waals surface area contributed by atoms with E-state index < -0.39 is 17.5 Å². The molecule has 0 aliphatic heterocycles. The first kappa shape index (κ1) is 15.4. The third kappa shape index (κ3) is 3.81. The Morgan fingerprint density at radius 1 is 1.22 bits per heavy atom. The number of para-hydroxylation sites is 1. The lowest BCUT2D eigenvalue weighted by molar-refractivity contribution is -0.123. The number of benzene rings is 2. The molecule has 0 radical (unpaired) electrons. The summed E-state index contributed by atoms with van der Waals surface area (Å²) in [5.74, 6) is -2.12. The van der Waals surface area contributed by atoms with Crippen LogP contribution in [0.25, 0.3) is 10.2 Å². The number of halogens is 2. The summed E-state index contributed by atoms with van der Waals surface area (Å²) in [4.78, 5) is 16.1. The van der Waals surface area contributed by atoms with E-state index in [-0.39, 0.29) is 18.9 Å². The molecule has 0 spiro atoms. The van der Waals surface area contributed by atoms with E-state index in [1.165, 1.54) is 11.3 Å². The zero-order valence-electron chi connectivity index (χ0n) is 11.9. The van der Waals surface area contributed by atoms with Gasteiger partial charge in [-0.2, -0.15) is 0 Å². The number of hydrogen-bond acceptors (Lipinski definition) is 4. The zero-order chi connectivity index (χ0) is 16.2. The van der Waals surface area contributed by atoms with Gasteiger partial charge in [0.25, 0.3) is 5.91 Å². The summed E-state index contributed by atoms with van der Waals surface area (Å²) in [5, 5.41) is 3.42. The lowest BCUT2D eigenvalue weighted by atomic mass is 10.3. The van der Waals surface area contributed by atoms with E-state index in [9.17, 15) is 13.6 Å². The van der Waals surface area contributed by atoms with Crippen LogP contribution in [0.4, 0.5) is 8.78 Å². The van der Waals surface area contributed by atoms with Gasteiger partial charge in [0.1, 0.15) is 10.8 Å². The molecule has 3 rings (SSSR count). The fourth-order valence-corrected chi connectivity index (χ4v) is 2.86. The molecule has 0 unspecified atom stereocenters. The summed E-state index contributed by atoms with van der Waals surface area (Å²) in [6, 6.07) is 10.6. The van der Waals surface area contributed by atoms with E-state index in [1.54, 1.807) is 0 Å². The molecule has 0 atom stereocenters. The molecule has 0 aliphatic carbocycles. The summed E-state index contributed by atoms with van der Waals surface area (Å²) in [6.07, 6.45) is 0. The summed E-state index contributed by atoms with van der Waals surface area (Å²) in [7, 11) is 0. The lowest BCUT2D eigenvalue weighted by Crippen LogP contribution is -2.28. The normalized spacial score (nSPS) is 10.7. The van der Waals surface area contributed by atoms with Crippen molar-refractivity contribution in [1.82, 2.24) is 10.3 Å². The molecule has 0 saturated heterocycles. The molecule has 1 N–H and O–H groups in total. The van der Waals surface area contributed by atoms with Crippen LogP contribution in [-0.4, -0.2) is 17.5 Å². The van der Waals surface area contributed by atoms with Crippen LogP contribution in [0.3, 0.4) is 0 Å². The van der Waals surface area contributed by atoms with Gasteiger partial charge in [0.2, 0.25) is 0 Å². The molecule has 3 aromatic rings. The number of carbonyl (C=O) groups excluding carboxylic acids is 1. The number of hydrogen-bond donors (Lipinski definition) is 1. The molecular formula is C16H12F2N2O2S. The van der Waals surface area contributed by atoms with Gasteiger partial charge in [-0.05, 0) is 24.3 Å². The van der Waals surface area contributed by atoms with Crippen molar-refractivity contribution in [3.8, 4) is 5.75 Å². The highest BCUT2D eigenvalue weighted by Gasteiger charge is 2.09. The Bertz CT molecular complexity index is 818. The number of nitrogens with zero attached hydrogens (tertiary/aromatic N) is 1. The molecule has 2 aromatic carbocycles. The number of nitrogens with one attached hydrogen (secondary N) is 1. The minimum absolute atomic E-state index is 0.165. The van der Waals surface area contributed by atoms with Crippen molar-refractivity contribution >= 4 is 27.5 Å². The largest absolute Gasteiger partial charge is 0.481 e. The highest BCUT2D eigenvalue weighted by Crippen LogP contribution is 2.21. The molecule has 1 amide bonds. The number of fused-ring (bicyclic) bond motifs is 1. The maximum Gasteiger partial charge on any atom is 0.258 e. The third-order valence-corrected chi connectivity index (χ3v) is 4.06. The monoisotopic (exact) mass is 334 g/mol. The Labute approximate surface area is 134 Å². The number of ether oxygens (including phenoxy) is 1. The SMILES string of the molecule is O=C(COc1ccc(F)cc1F)NCc1nc2ccccc2s1. The van der Waals surface area contributed by atoms with E-state index in [0.717, 1.165) is 27.4 Å². The lowest BCUT2D eigenvalue weighted by Gasteiger charge is -2.07. The number of thiazole rings is 1. The Hall–Kier alpha value is -2.54. The van der Waals surface area contributed by atoms with Gasteiger partial charge in [-0.1, -0.05) is 12.1 Å². The molecule has 0 aliphatic rings. The molecule has 4 nitrogen and oxygen atoms in total. The summed E-state index contributed by atoms with van der Waals surface area (Å²) in [5.41, 5.74) is 0.881. The molecule has 7 heteroatoms. The average molecular weight is 334 g/mol. The van der Waals surface area contributed by atoms with Crippen LogP contribution in [0.1, 0.15) is 5.01 Å². The fourth-order valence-electron chi connectivity index (χ4n) is 1.96. The van der Waals surface area contributed by atoms with Crippen molar-refractivity contribution < 1.29 is 18.3 Å². The zero-order valence-corrected chi connectivity index (χ0v) is 12.7. The number of carbonyl (C=O) groups is 1. The highest BCUT2D eigenvalue weighted by atomic mass is 32.1. The molecule has 23 heavy (non-hydrogen) atoms. The van der Waals surface area contributed by atoms with E-state index in [2.05, 4.69) is 10.3 Å². The summed E-state index contributed by atoms with van der Waals surface area (Å²) in [6.45, 7) is -0.0825. The van der Waals surface area contributed by atoms with E-state index in [4.69, 9.17) is 4.74 Å². The average Bonchev–Trinajstić information content (AvgIpc) is 2.95. The van der Waals surface area contributed by atoms with Crippen molar-refractivity contribution in [2.24, 2.45) is 0 Å². The van der Waals surface area contributed by atoms with Crippen LogP contribution in [0.2, 0.25) is 0 Å². The van der Waals surface area contributed by atoms with Gasteiger partial charge in [0.05, 0.1) is 16.8 Å². The van der Waals surface area contributed by atoms with Gasteiger partial charge in [0, 0.05) is 6.07 Å². The molecule has 0 fully saturated rings. The first-order chi connectivity index (χ1) is 11.1. The highest BCUT2D eigenvalue weighted by molar-refractivity contribution is 7.18. The fraction of sp³-hybridized carbons (Fsp3) is 0.125. The predicted molar refractivity (Wildman–Crippen MR) is 83.3 cm³/mol. The molecule has 0 saturated carbocycles. The standard InChI is InChI=1S/C16H12F2N2O2S/c17-10-5-6-13(11(18)7-10)22-9-15(21)19-8-16-20-12-3-1-2-4-14(12)23-16/h1-7H,8-9H2,(H,19,21). The van der Waals surface area contributed by atoms with Gasteiger partial charge in [0.15, 0.2) is 18.2 Å². The Morgan fingerprint density at radius 3 is 2.83 bits per heavy atom. The predicted octanol–water partition coefficient (Wildman–Crippen LogP) is 3.27. The number of rotatable bonds is 5. The minimum atomic E-state index is -0.844. The first-order valence-electron chi connectivity index (χ1n) is 6.81. The van der Waals surface area contributed by atoms with E-state index >= 15 is 0 Å². The Balaban J connectivity index is 1.53. The second kappa shape index (κ2) is 6.70. The maximum atomic E-state index is 13.4. The van der Waals surface area contributed by atoms with Gasteiger partial charge >= 0.3 is 0 Å². The van der Waals surface area contributed by atoms with Crippen molar-refractivity contribution in [3.05, 3.63) is 59.1 Å². The molecule has 1 heterocycles. The third-order valence-electron chi connectivity index (χ3n) is 3.03. The van der Waals surface area contributed by atoms with Crippen LogP contribution in [0.15, 0.2) is 42.5 Å². The maximum absolute atomic E-state index is 13.4. The second-order valence-electron chi connectivity index (χ2n) is 4.72. The summed E-state index contributed by atoms with van der Waals surface area (Å²) >= 11 is 1.49. The van der Waals surface area contributed by atoms with Gasteiger partial charge in [-0.25, -0.2) is 13.8 Å². The van der Waals surface area contributed by atoms with Crippen LogP contribution < -0.4 is 10.1 Å². The van der Waals surface area contributed by atoms with Crippen LogP contribution in [-0.2, 0) is 11.3 Å². The van der Waals surface area contributed by atoms with Crippen molar-refractivity contribution in [1.29, 1.82) is 0 Å². The Morgan fingerprint density at radius 2 is 2.04 bits per heavy atom. The molecular weight excluding hydrogens is 322 g/mol. The Kier molecular flexibility index (Phi) is 4.47. The molecule has 0 bridgehead atoms. The van der Waals surface area contributed by atoms with Gasteiger partial charge in [-0.15, -0.1) is 11.3 Å². The smallest absolute Gasteiger partial charge is 0.258 e. The van der Waals surface area contributed by atoms with Gasteiger partial charge < -0.3 is 10.1 Å². The van der Waals surface area contributed by atoms with Crippen LogP contribution in [0, 0.1) is 11.6 Å². The quantitative estimate of drug-likeness (QED) is 0.779. The topological polar surface area (TPSA) is 51.2 Å². The number of amides is 1. The van der Waals surface area contributed by atoms with Crippen molar-refractivity contribution in [2.75, 3.05) is 6.61 Å². The van der Waals surface area contributed by atoms with Crippen LogP contribution in [0.5, 0.6) is 5.75 Å². The van der Waals surface area contributed by atoms with Crippen molar-refractivity contribution in [2.45, 2.75) is 6.54 Å². The van der Waals surface area contributed by atoms with E-state index in [1.807, 2.05) is 24.3 Å². The first-order valence-corrected chi connectivity index (χ1v) is 7.62. The molecule has 118 valence electrons.